The summed E-state index contributed by atoms with van der Waals surface area (Å²) in [6.07, 6.45) is 10.2. The zero-order valence-electron chi connectivity index (χ0n) is 13.7. The van der Waals surface area contributed by atoms with Crippen LogP contribution < -0.4 is 5.32 Å². The third kappa shape index (κ3) is 3.20. The molecule has 0 bridgehead atoms. The monoisotopic (exact) mass is 282 g/mol. The van der Waals surface area contributed by atoms with Gasteiger partial charge in [0.2, 0.25) is 0 Å². The van der Waals surface area contributed by atoms with Gasteiger partial charge in [0.1, 0.15) is 0 Å². The Bertz CT molecular complexity index is 287. The molecule has 3 heteroatoms. The maximum atomic E-state index is 9.74. The van der Waals surface area contributed by atoms with E-state index in [4.69, 9.17) is 0 Å². The number of hydrogen-bond acceptors (Lipinski definition) is 3. The number of rotatable bonds is 5. The van der Waals surface area contributed by atoms with Gasteiger partial charge in [-0.2, -0.15) is 0 Å². The first-order valence-corrected chi connectivity index (χ1v) is 8.66. The molecule has 1 saturated carbocycles. The molecule has 0 aromatic rings. The first-order valence-electron chi connectivity index (χ1n) is 8.66. The molecule has 1 saturated heterocycles. The molecule has 2 N–H and O–H groups in total. The topological polar surface area (TPSA) is 35.5 Å². The van der Waals surface area contributed by atoms with E-state index in [0.29, 0.717) is 11.5 Å². The van der Waals surface area contributed by atoms with E-state index in [-0.39, 0.29) is 12.1 Å². The Hall–Kier alpha value is -0.120. The maximum absolute atomic E-state index is 9.74. The highest BCUT2D eigenvalue weighted by Crippen LogP contribution is 2.40. The minimum atomic E-state index is -0.0209. The summed E-state index contributed by atoms with van der Waals surface area (Å²) in [7, 11) is 2.01. The summed E-state index contributed by atoms with van der Waals surface area (Å²) < 4.78 is 0. The molecule has 118 valence electrons. The molecule has 20 heavy (non-hydrogen) atoms. The molecule has 1 aliphatic carbocycles. The summed E-state index contributed by atoms with van der Waals surface area (Å²) in [5.41, 5.74) is 0.592. The SMILES string of the molecule is CCC1(CC)CCN(C2CCCC(CO)(NC)C2)CC1. The number of aliphatic hydroxyl groups excluding tert-OH is 1. The summed E-state index contributed by atoms with van der Waals surface area (Å²) >= 11 is 0. The second-order valence-corrected chi connectivity index (χ2v) is 7.18. The highest BCUT2D eigenvalue weighted by molar-refractivity contribution is 4.97. The van der Waals surface area contributed by atoms with Crippen molar-refractivity contribution in [2.45, 2.75) is 76.8 Å². The van der Waals surface area contributed by atoms with Crippen molar-refractivity contribution in [2.75, 3.05) is 26.7 Å². The third-order valence-corrected chi connectivity index (χ3v) is 6.53. The van der Waals surface area contributed by atoms with Crippen LogP contribution in [0.15, 0.2) is 0 Å². The van der Waals surface area contributed by atoms with Gasteiger partial charge < -0.3 is 15.3 Å². The smallest absolute Gasteiger partial charge is 0.0613 e. The van der Waals surface area contributed by atoms with E-state index in [2.05, 4.69) is 24.1 Å². The molecule has 0 aromatic heterocycles. The van der Waals surface area contributed by atoms with Crippen molar-refractivity contribution < 1.29 is 5.11 Å². The summed E-state index contributed by atoms with van der Waals surface area (Å²) in [5, 5.41) is 13.1. The standard InChI is InChI=1S/C17H34N2O/c1-4-16(5-2)9-11-19(12-10-16)15-7-6-8-17(13-15,14-20)18-3/h15,18,20H,4-14H2,1-3H3. The van der Waals surface area contributed by atoms with Gasteiger partial charge in [-0.05, 0) is 64.1 Å². The van der Waals surface area contributed by atoms with Gasteiger partial charge in [0.25, 0.3) is 0 Å². The van der Waals surface area contributed by atoms with Crippen LogP contribution in [-0.4, -0.2) is 48.3 Å². The van der Waals surface area contributed by atoms with Crippen LogP contribution >= 0.6 is 0 Å². The van der Waals surface area contributed by atoms with Gasteiger partial charge in [-0.3, -0.25) is 0 Å². The molecular weight excluding hydrogens is 248 g/mol. The fourth-order valence-electron chi connectivity index (χ4n) is 4.41. The largest absolute Gasteiger partial charge is 0.394 e. The molecule has 0 spiro atoms. The molecule has 1 aliphatic heterocycles. The lowest BCUT2D eigenvalue weighted by atomic mass is 9.72. The number of hydrogen-bond donors (Lipinski definition) is 2. The van der Waals surface area contributed by atoms with E-state index in [1.54, 1.807) is 0 Å². The predicted molar refractivity (Wildman–Crippen MR) is 85.0 cm³/mol. The maximum Gasteiger partial charge on any atom is 0.0613 e. The Kier molecular flexibility index (Phi) is 5.49. The number of likely N-dealkylation sites (N-methyl/N-ethyl adjacent to an activating group) is 1. The molecule has 2 atom stereocenters. The molecule has 1 heterocycles. The number of nitrogens with one attached hydrogen (secondary N) is 1. The van der Waals surface area contributed by atoms with E-state index < -0.39 is 0 Å². The lowest BCUT2D eigenvalue weighted by Gasteiger charge is -2.48. The van der Waals surface area contributed by atoms with Crippen molar-refractivity contribution >= 4 is 0 Å². The zero-order valence-corrected chi connectivity index (χ0v) is 13.7. The summed E-state index contributed by atoms with van der Waals surface area (Å²) in [4.78, 5) is 2.71. The lowest BCUT2D eigenvalue weighted by molar-refractivity contribution is 0.0211. The van der Waals surface area contributed by atoms with Crippen molar-refractivity contribution in [3.63, 3.8) is 0 Å². The van der Waals surface area contributed by atoms with Crippen LogP contribution in [0.5, 0.6) is 0 Å². The highest BCUT2D eigenvalue weighted by atomic mass is 16.3. The average molecular weight is 282 g/mol. The van der Waals surface area contributed by atoms with Crippen LogP contribution in [0.3, 0.4) is 0 Å². The van der Waals surface area contributed by atoms with Crippen LogP contribution in [0, 0.1) is 5.41 Å². The van der Waals surface area contributed by atoms with Gasteiger partial charge >= 0.3 is 0 Å². The number of likely N-dealkylation sites (tertiary alicyclic amines) is 1. The van der Waals surface area contributed by atoms with E-state index in [0.717, 1.165) is 12.8 Å². The molecule has 2 unspecified atom stereocenters. The van der Waals surface area contributed by atoms with Crippen molar-refractivity contribution in [3.05, 3.63) is 0 Å². The second kappa shape index (κ2) is 6.76. The van der Waals surface area contributed by atoms with Gasteiger partial charge in [0, 0.05) is 11.6 Å². The molecule has 0 aromatic carbocycles. The molecule has 0 radical (unpaired) electrons. The van der Waals surface area contributed by atoms with Crippen molar-refractivity contribution in [2.24, 2.45) is 5.41 Å². The fourth-order valence-corrected chi connectivity index (χ4v) is 4.41. The first kappa shape index (κ1) is 16.3. The minimum Gasteiger partial charge on any atom is -0.394 e. The Morgan fingerprint density at radius 2 is 1.80 bits per heavy atom. The normalized spacial score (nSPS) is 35.1. The van der Waals surface area contributed by atoms with Gasteiger partial charge in [0.05, 0.1) is 6.61 Å². The third-order valence-electron chi connectivity index (χ3n) is 6.53. The average Bonchev–Trinajstić information content (AvgIpc) is 2.55. The molecule has 0 amide bonds. The Labute approximate surface area is 125 Å². The fraction of sp³-hybridized carbons (Fsp3) is 1.00. The van der Waals surface area contributed by atoms with Crippen molar-refractivity contribution in [1.82, 2.24) is 10.2 Å². The summed E-state index contributed by atoms with van der Waals surface area (Å²) in [6, 6.07) is 0.676. The van der Waals surface area contributed by atoms with Crippen molar-refractivity contribution in [1.29, 1.82) is 0 Å². The van der Waals surface area contributed by atoms with Gasteiger partial charge in [-0.15, -0.1) is 0 Å². The van der Waals surface area contributed by atoms with Gasteiger partial charge in [-0.25, -0.2) is 0 Å². The summed E-state index contributed by atoms with van der Waals surface area (Å²) in [5.74, 6) is 0. The molecular formula is C17H34N2O. The van der Waals surface area contributed by atoms with Crippen LogP contribution in [0.2, 0.25) is 0 Å². The molecule has 3 nitrogen and oxygen atoms in total. The van der Waals surface area contributed by atoms with Crippen LogP contribution in [0.4, 0.5) is 0 Å². The van der Waals surface area contributed by atoms with Crippen LogP contribution in [-0.2, 0) is 0 Å². The number of aliphatic hydroxyl groups is 1. The molecule has 2 fully saturated rings. The Morgan fingerprint density at radius 3 is 2.30 bits per heavy atom. The Morgan fingerprint density at radius 1 is 1.15 bits per heavy atom. The highest BCUT2D eigenvalue weighted by Gasteiger charge is 2.39. The number of piperidine rings is 1. The summed E-state index contributed by atoms with van der Waals surface area (Å²) in [6.45, 7) is 7.52. The first-order chi connectivity index (χ1) is 9.62. The minimum absolute atomic E-state index is 0.0209. The lowest BCUT2D eigenvalue weighted by Crippen LogP contribution is -2.56. The predicted octanol–water partition coefficient (Wildman–Crippen LogP) is 2.78. The Balaban J connectivity index is 1.93. The second-order valence-electron chi connectivity index (χ2n) is 7.18. The quantitative estimate of drug-likeness (QED) is 0.814. The van der Waals surface area contributed by atoms with E-state index >= 15 is 0 Å². The molecule has 2 aliphatic rings. The van der Waals surface area contributed by atoms with E-state index in [9.17, 15) is 5.11 Å². The molecule has 2 rings (SSSR count). The zero-order chi connectivity index (χ0) is 14.6. The van der Waals surface area contributed by atoms with Gasteiger partial charge in [0.15, 0.2) is 0 Å². The van der Waals surface area contributed by atoms with E-state index in [1.807, 2.05) is 7.05 Å². The van der Waals surface area contributed by atoms with Crippen LogP contribution in [0.1, 0.15) is 65.2 Å². The number of nitrogens with zero attached hydrogens (tertiary/aromatic N) is 1. The van der Waals surface area contributed by atoms with Crippen molar-refractivity contribution in [3.8, 4) is 0 Å². The van der Waals surface area contributed by atoms with E-state index in [1.165, 1.54) is 51.6 Å². The van der Waals surface area contributed by atoms with Crippen LogP contribution in [0.25, 0.3) is 0 Å². The van der Waals surface area contributed by atoms with Gasteiger partial charge in [-0.1, -0.05) is 26.7 Å².